The summed E-state index contributed by atoms with van der Waals surface area (Å²) in [4.78, 5) is 18.9. The molecule has 0 aliphatic carbocycles. The van der Waals surface area contributed by atoms with Gasteiger partial charge in [0.2, 0.25) is 0 Å². The number of allylic oxidation sites excluding steroid dienone is 1. The molecule has 2 aromatic carbocycles. The van der Waals surface area contributed by atoms with Gasteiger partial charge in [0.25, 0.3) is 0 Å². The van der Waals surface area contributed by atoms with Crippen LogP contribution in [0.2, 0.25) is 0 Å². The van der Waals surface area contributed by atoms with E-state index in [0.717, 1.165) is 33.8 Å². The summed E-state index contributed by atoms with van der Waals surface area (Å²) in [6.45, 7) is 5.98. The van der Waals surface area contributed by atoms with E-state index >= 15 is 0 Å². The van der Waals surface area contributed by atoms with E-state index < -0.39 is 6.04 Å². The van der Waals surface area contributed by atoms with Crippen LogP contribution in [-0.2, 0) is 9.53 Å². The van der Waals surface area contributed by atoms with Crippen LogP contribution in [0, 0.1) is 13.8 Å². The number of nitrogens with one attached hydrogen (secondary N) is 1. The van der Waals surface area contributed by atoms with Crippen molar-refractivity contribution < 1.29 is 9.53 Å². The van der Waals surface area contributed by atoms with Crippen molar-refractivity contribution in [3.05, 3.63) is 89.1 Å². The number of aromatic nitrogens is 2. The highest BCUT2D eigenvalue weighted by molar-refractivity contribution is 7.80. The van der Waals surface area contributed by atoms with Crippen LogP contribution in [0.15, 0.2) is 72.5 Å². The molecule has 6 nitrogen and oxygen atoms in total. The molecule has 1 unspecified atom stereocenters. The number of methoxy groups -OCH3 is 1. The molecule has 0 amide bonds. The third-order valence-corrected chi connectivity index (χ3v) is 5.83. The molecule has 0 fully saturated rings. The topological polar surface area (TPSA) is 59.4 Å². The van der Waals surface area contributed by atoms with Gasteiger partial charge < -0.3 is 14.6 Å². The van der Waals surface area contributed by atoms with Crippen molar-refractivity contribution in [2.75, 3.05) is 12.0 Å². The molecule has 0 saturated heterocycles. The van der Waals surface area contributed by atoms with E-state index in [1.807, 2.05) is 60.7 Å². The van der Waals surface area contributed by atoms with Crippen molar-refractivity contribution in [3.8, 4) is 5.69 Å². The number of hydrogen-bond donors (Lipinski definition) is 1. The number of benzene rings is 2. The van der Waals surface area contributed by atoms with E-state index in [4.69, 9.17) is 17.0 Å². The number of aryl methyl sites for hydroxylation is 2. The summed E-state index contributed by atoms with van der Waals surface area (Å²) in [5, 5.41) is 3.90. The average Bonchev–Trinajstić information content (AvgIpc) is 3.30. The maximum Gasteiger partial charge on any atom is 0.337 e. The van der Waals surface area contributed by atoms with Crippen molar-refractivity contribution >= 4 is 29.0 Å². The minimum Gasteiger partial charge on any atom is -0.466 e. The van der Waals surface area contributed by atoms with E-state index in [9.17, 15) is 4.79 Å². The summed E-state index contributed by atoms with van der Waals surface area (Å²) in [5.41, 5.74) is 6.34. The Morgan fingerprint density at radius 1 is 1.13 bits per heavy atom. The summed E-state index contributed by atoms with van der Waals surface area (Å²) >= 11 is 5.75. The van der Waals surface area contributed by atoms with Gasteiger partial charge in [0.05, 0.1) is 30.7 Å². The Morgan fingerprint density at radius 2 is 1.87 bits per heavy atom. The van der Waals surface area contributed by atoms with Crippen molar-refractivity contribution in [2.24, 2.45) is 0 Å². The number of imidazole rings is 1. The van der Waals surface area contributed by atoms with Crippen molar-refractivity contribution in [2.45, 2.75) is 26.8 Å². The molecule has 1 atom stereocenters. The molecule has 31 heavy (non-hydrogen) atoms. The molecular weight excluding hydrogens is 408 g/mol. The lowest BCUT2D eigenvalue weighted by Gasteiger charge is -2.38. The molecule has 1 aliphatic rings. The summed E-state index contributed by atoms with van der Waals surface area (Å²) < 4.78 is 7.07. The first-order chi connectivity index (χ1) is 14.9. The van der Waals surface area contributed by atoms with Gasteiger partial charge in [0.15, 0.2) is 5.11 Å². The molecule has 0 saturated carbocycles. The number of hydrogen-bond acceptors (Lipinski definition) is 4. The second-order valence-electron chi connectivity index (χ2n) is 7.56. The van der Waals surface area contributed by atoms with Gasteiger partial charge in [-0.25, -0.2) is 9.78 Å². The van der Waals surface area contributed by atoms with Crippen LogP contribution in [0.5, 0.6) is 0 Å². The minimum absolute atomic E-state index is 0.383. The number of rotatable bonds is 4. The summed E-state index contributed by atoms with van der Waals surface area (Å²) in [6, 6.07) is 13.7. The Kier molecular flexibility index (Phi) is 5.61. The number of nitrogens with zero attached hydrogens (tertiary/aromatic N) is 3. The molecule has 1 aliphatic heterocycles. The molecule has 1 N–H and O–H groups in total. The Morgan fingerprint density at radius 3 is 2.52 bits per heavy atom. The van der Waals surface area contributed by atoms with Crippen molar-refractivity contribution in [1.82, 2.24) is 14.9 Å². The molecule has 4 rings (SSSR count). The fourth-order valence-corrected chi connectivity index (χ4v) is 4.22. The molecule has 0 bridgehead atoms. The van der Waals surface area contributed by atoms with E-state index in [0.29, 0.717) is 10.7 Å². The fourth-order valence-electron chi connectivity index (χ4n) is 3.87. The number of carbonyl (C=O) groups excluding carboxylic acids is 1. The van der Waals surface area contributed by atoms with Crippen LogP contribution >= 0.6 is 12.2 Å². The van der Waals surface area contributed by atoms with Gasteiger partial charge in [-0.2, -0.15) is 0 Å². The third kappa shape index (κ3) is 3.84. The molecule has 1 aromatic heterocycles. The lowest BCUT2D eigenvalue weighted by molar-refractivity contribution is -0.136. The van der Waals surface area contributed by atoms with E-state index in [1.165, 1.54) is 7.11 Å². The zero-order chi connectivity index (χ0) is 22.1. The van der Waals surface area contributed by atoms with Crippen LogP contribution in [-0.4, -0.2) is 27.7 Å². The Labute approximate surface area is 187 Å². The predicted molar refractivity (Wildman–Crippen MR) is 125 cm³/mol. The molecule has 0 spiro atoms. The van der Waals surface area contributed by atoms with E-state index in [1.54, 1.807) is 12.5 Å². The first kappa shape index (κ1) is 20.8. The highest BCUT2D eigenvalue weighted by Gasteiger charge is 2.35. The summed E-state index contributed by atoms with van der Waals surface area (Å²) in [5.74, 6) is -0.383. The highest BCUT2D eigenvalue weighted by Crippen LogP contribution is 2.36. The van der Waals surface area contributed by atoms with Crippen LogP contribution < -0.4 is 10.2 Å². The maximum atomic E-state index is 12.8. The summed E-state index contributed by atoms with van der Waals surface area (Å²) in [7, 11) is 1.40. The zero-order valence-electron chi connectivity index (χ0n) is 17.9. The SMILES string of the molecule is COC(=O)C1=C(C)N(c2cc(C)ccc2C)C(=S)NC1c1ccc(-n2ccnc2)cc1. The number of thiocarbonyl (C=S) groups is 1. The standard InChI is InChI=1S/C24H24N4O2S/c1-15-5-6-16(2)20(13-15)28-17(3)21(23(29)30-4)22(26-24(28)31)18-7-9-19(10-8-18)27-12-11-25-14-27/h5-14,22H,1-4H3,(H,26,31). The minimum atomic E-state index is -0.404. The van der Waals surface area contributed by atoms with Gasteiger partial charge in [0, 0.05) is 23.8 Å². The first-order valence-electron chi connectivity index (χ1n) is 9.96. The largest absolute Gasteiger partial charge is 0.466 e. The van der Waals surface area contributed by atoms with Gasteiger partial charge in [-0.1, -0.05) is 24.3 Å². The van der Waals surface area contributed by atoms with Gasteiger partial charge in [-0.15, -0.1) is 0 Å². The predicted octanol–water partition coefficient (Wildman–Crippen LogP) is 4.37. The second-order valence-corrected chi connectivity index (χ2v) is 7.95. The molecule has 0 radical (unpaired) electrons. The normalized spacial score (nSPS) is 16.3. The Bertz CT molecular complexity index is 1170. The lowest BCUT2D eigenvalue weighted by atomic mass is 9.94. The zero-order valence-corrected chi connectivity index (χ0v) is 18.7. The summed E-state index contributed by atoms with van der Waals surface area (Å²) in [6.07, 6.45) is 5.36. The monoisotopic (exact) mass is 432 g/mol. The number of ether oxygens (including phenoxy) is 1. The molecule has 3 aromatic rings. The van der Waals surface area contributed by atoms with E-state index in [-0.39, 0.29) is 5.97 Å². The quantitative estimate of drug-likeness (QED) is 0.488. The maximum absolute atomic E-state index is 12.8. The molecule has 158 valence electrons. The third-order valence-electron chi connectivity index (χ3n) is 5.52. The van der Waals surface area contributed by atoms with Gasteiger partial charge in [-0.05, 0) is 67.9 Å². The Balaban J connectivity index is 1.79. The van der Waals surface area contributed by atoms with Gasteiger partial charge >= 0.3 is 5.97 Å². The van der Waals surface area contributed by atoms with Crippen LogP contribution in [0.4, 0.5) is 5.69 Å². The van der Waals surface area contributed by atoms with Gasteiger partial charge in [-0.3, -0.25) is 4.90 Å². The highest BCUT2D eigenvalue weighted by atomic mass is 32.1. The lowest BCUT2D eigenvalue weighted by Crippen LogP contribution is -2.48. The van der Waals surface area contributed by atoms with Crippen molar-refractivity contribution in [1.29, 1.82) is 0 Å². The second kappa shape index (κ2) is 8.35. The van der Waals surface area contributed by atoms with Gasteiger partial charge in [0.1, 0.15) is 0 Å². The first-order valence-corrected chi connectivity index (χ1v) is 10.4. The number of anilines is 1. The molecule has 2 heterocycles. The van der Waals surface area contributed by atoms with Crippen LogP contribution in [0.3, 0.4) is 0 Å². The smallest absolute Gasteiger partial charge is 0.337 e. The fraction of sp³-hybridized carbons (Fsp3) is 0.208. The number of carbonyl (C=O) groups is 1. The van der Waals surface area contributed by atoms with Crippen molar-refractivity contribution in [3.63, 3.8) is 0 Å². The Hall–Kier alpha value is -3.45. The number of esters is 1. The van der Waals surface area contributed by atoms with Crippen LogP contribution in [0.25, 0.3) is 5.69 Å². The molecular formula is C24H24N4O2S. The molecule has 7 heteroatoms. The van der Waals surface area contributed by atoms with Crippen LogP contribution in [0.1, 0.15) is 29.7 Å². The van der Waals surface area contributed by atoms with E-state index in [2.05, 4.69) is 28.5 Å². The average molecular weight is 433 g/mol.